The van der Waals surface area contributed by atoms with Gasteiger partial charge in [0.25, 0.3) is 5.91 Å². The van der Waals surface area contributed by atoms with Gasteiger partial charge in [0.2, 0.25) is 0 Å². The zero-order valence-electron chi connectivity index (χ0n) is 17.9. The zero-order chi connectivity index (χ0) is 20.4. The van der Waals surface area contributed by atoms with Gasteiger partial charge in [0.15, 0.2) is 5.69 Å². The van der Waals surface area contributed by atoms with E-state index in [-0.39, 0.29) is 11.9 Å². The molecule has 1 aliphatic carbocycles. The van der Waals surface area contributed by atoms with Gasteiger partial charge < -0.3 is 5.32 Å². The summed E-state index contributed by atoms with van der Waals surface area (Å²) < 4.78 is 1.98. The van der Waals surface area contributed by atoms with E-state index in [9.17, 15) is 4.79 Å². The summed E-state index contributed by atoms with van der Waals surface area (Å²) in [6.45, 7) is 9.44. The normalized spacial score (nSPS) is 17.2. The summed E-state index contributed by atoms with van der Waals surface area (Å²) in [6, 6.07) is 8.62. The van der Waals surface area contributed by atoms with Crippen molar-refractivity contribution in [1.29, 1.82) is 0 Å². The summed E-state index contributed by atoms with van der Waals surface area (Å²) in [6.07, 6.45) is 7.33. The molecule has 0 saturated carbocycles. The number of carbonyl (C=O) groups excluding carboxylic acids is 1. The fourth-order valence-electron chi connectivity index (χ4n) is 4.34. The molecule has 0 radical (unpaired) electrons. The van der Waals surface area contributed by atoms with Gasteiger partial charge in [0.05, 0.1) is 5.69 Å². The maximum Gasteiger partial charge on any atom is 0.272 e. The van der Waals surface area contributed by atoms with Crippen LogP contribution in [0.2, 0.25) is 0 Å². The summed E-state index contributed by atoms with van der Waals surface area (Å²) >= 11 is 0. The number of aryl methyl sites for hydroxylation is 1. The summed E-state index contributed by atoms with van der Waals surface area (Å²) in [5.74, 6) is -0.00300. The molecule has 1 saturated heterocycles. The third kappa shape index (κ3) is 4.45. The molecule has 1 amide bonds. The first-order valence-corrected chi connectivity index (χ1v) is 10.9. The van der Waals surface area contributed by atoms with Gasteiger partial charge >= 0.3 is 0 Å². The highest BCUT2D eigenvalue weighted by molar-refractivity contribution is 5.94. The van der Waals surface area contributed by atoms with Gasteiger partial charge in [0.1, 0.15) is 0 Å². The molecule has 29 heavy (non-hydrogen) atoms. The Balaban J connectivity index is 1.44. The number of piperidine rings is 1. The van der Waals surface area contributed by atoms with Gasteiger partial charge in [-0.2, -0.15) is 5.10 Å². The second-order valence-corrected chi connectivity index (χ2v) is 8.70. The van der Waals surface area contributed by atoms with Crippen LogP contribution >= 0.6 is 0 Å². The maximum atomic E-state index is 13.1. The molecule has 1 aromatic heterocycles. The number of nitrogens with one attached hydrogen (secondary N) is 1. The van der Waals surface area contributed by atoms with Crippen molar-refractivity contribution in [3.8, 4) is 5.69 Å². The van der Waals surface area contributed by atoms with Gasteiger partial charge in [-0.15, -0.1) is 0 Å². The summed E-state index contributed by atoms with van der Waals surface area (Å²) in [7, 11) is 0. The highest BCUT2D eigenvalue weighted by Gasteiger charge is 2.29. The number of allylic oxidation sites excluding steroid dienone is 1. The van der Waals surface area contributed by atoms with Crippen LogP contribution in [0.5, 0.6) is 0 Å². The van der Waals surface area contributed by atoms with E-state index in [2.05, 4.69) is 61.3 Å². The Morgan fingerprint density at radius 3 is 2.59 bits per heavy atom. The van der Waals surface area contributed by atoms with Crippen LogP contribution in [-0.4, -0.2) is 46.3 Å². The van der Waals surface area contributed by atoms with E-state index in [0.29, 0.717) is 5.69 Å². The monoisotopic (exact) mass is 392 g/mol. The van der Waals surface area contributed by atoms with Crippen molar-refractivity contribution in [3.05, 3.63) is 58.4 Å². The molecule has 154 valence electrons. The third-order valence-electron chi connectivity index (χ3n) is 6.10. The van der Waals surface area contributed by atoms with Crippen LogP contribution in [0.4, 0.5) is 0 Å². The Morgan fingerprint density at radius 2 is 1.90 bits per heavy atom. The fraction of sp³-hybridized carbons (Fsp3) is 0.500. The van der Waals surface area contributed by atoms with E-state index in [4.69, 9.17) is 5.10 Å². The number of fused-ring (bicyclic) bond motifs is 1. The van der Waals surface area contributed by atoms with Crippen molar-refractivity contribution < 1.29 is 4.79 Å². The molecule has 0 atom stereocenters. The van der Waals surface area contributed by atoms with Gasteiger partial charge in [0, 0.05) is 36.9 Å². The fourth-order valence-corrected chi connectivity index (χ4v) is 4.34. The first kappa shape index (κ1) is 19.9. The van der Waals surface area contributed by atoms with Crippen LogP contribution in [-0.2, 0) is 12.8 Å². The average molecular weight is 393 g/mol. The molecular formula is C24H32N4O. The smallest absolute Gasteiger partial charge is 0.272 e. The zero-order valence-corrected chi connectivity index (χ0v) is 17.9. The standard InChI is InChI=1S/C24H32N4O/c1-17(2)11-14-27-15-12-19(13-16-27)25-24(29)23-21-5-4-6-22(21)28(26-23)20-9-7-18(3)8-10-20/h7-11,19H,4-6,12-16H2,1-3H3,(H,25,29). The second-order valence-electron chi connectivity index (χ2n) is 8.70. The van der Waals surface area contributed by atoms with E-state index in [1.165, 1.54) is 16.8 Å². The quantitative estimate of drug-likeness (QED) is 0.787. The maximum absolute atomic E-state index is 13.1. The minimum absolute atomic E-state index is 0.00300. The molecule has 1 fully saturated rings. The van der Waals surface area contributed by atoms with E-state index >= 15 is 0 Å². The summed E-state index contributed by atoms with van der Waals surface area (Å²) in [5, 5.41) is 8.01. The van der Waals surface area contributed by atoms with Gasteiger partial charge in [-0.3, -0.25) is 9.69 Å². The number of carbonyl (C=O) groups is 1. The molecule has 1 aliphatic heterocycles. The van der Waals surface area contributed by atoms with Crippen molar-refractivity contribution in [2.45, 2.75) is 58.9 Å². The molecule has 0 unspecified atom stereocenters. The van der Waals surface area contributed by atoms with Crippen molar-refractivity contribution in [2.24, 2.45) is 0 Å². The number of hydrogen-bond donors (Lipinski definition) is 1. The Bertz CT molecular complexity index is 898. The molecular weight excluding hydrogens is 360 g/mol. The Morgan fingerprint density at radius 1 is 1.17 bits per heavy atom. The van der Waals surface area contributed by atoms with Crippen LogP contribution in [0.1, 0.15) is 60.4 Å². The predicted octanol–water partition coefficient (Wildman–Crippen LogP) is 3.83. The molecule has 0 spiro atoms. The van der Waals surface area contributed by atoms with Crippen LogP contribution in [0.15, 0.2) is 35.9 Å². The van der Waals surface area contributed by atoms with Crippen molar-refractivity contribution in [2.75, 3.05) is 19.6 Å². The molecule has 2 heterocycles. The average Bonchev–Trinajstić information content (AvgIpc) is 3.31. The molecule has 5 nitrogen and oxygen atoms in total. The third-order valence-corrected chi connectivity index (χ3v) is 6.10. The molecule has 0 bridgehead atoms. The number of likely N-dealkylation sites (tertiary alicyclic amines) is 1. The van der Waals surface area contributed by atoms with Crippen molar-refractivity contribution in [1.82, 2.24) is 20.0 Å². The lowest BCUT2D eigenvalue weighted by molar-refractivity contribution is 0.0907. The van der Waals surface area contributed by atoms with Crippen LogP contribution in [0.25, 0.3) is 5.69 Å². The largest absolute Gasteiger partial charge is 0.348 e. The molecule has 5 heteroatoms. The first-order valence-electron chi connectivity index (χ1n) is 10.9. The lowest BCUT2D eigenvalue weighted by Crippen LogP contribution is -2.44. The van der Waals surface area contributed by atoms with Gasteiger partial charge in [-0.05, 0) is 65.0 Å². The first-order chi connectivity index (χ1) is 14.0. The Labute approximate surface area is 173 Å². The molecule has 2 aromatic rings. The van der Waals surface area contributed by atoms with Gasteiger partial charge in [-0.1, -0.05) is 29.3 Å². The van der Waals surface area contributed by atoms with E-state index < -0.39 is 0 Å². The SMILES string of the molecule is CC(C)=CCN1CCC(NC(=O)c2nn(-c3ccc(C)cc3)c3c2CCC3)CC1. The second kappa shape index (κ2) is 8.54. The highest BCUT2D eigenvalue weighted by Crippen LogP contribution is 2.28. The topological polar surface area (TPSA) is 50.2 Å². The summed E-state index contributed by atoms with van der Waals surface area (Å²) in [4.78, 5) is 15.5. The number of benzene rings is 1. The number of rotatable bonds is 5. The molecule has 1 N–H and O–H groups in total. The molecule has 1 aromatic carbocycles. The van der Waals surface area contributed by atoms with Crippen molar-refractivity contribution >= 4 is 5.91 Å². The van der Waals surface area contributed by atoms with Gasteiger partial charge in [-0.25, -0.2) is 4.68 Å². The van der Waals surface area contributed by atoms with E-state index in [0.717, 1.165) is 63.0 Å². The lowest BCUT2D eigenvalue weighted by atomic mass is 10.0. The van der Waals surface area contributed by atoms with E-state index in [1.807, 2.05) is 4.68 Å². The Hall–Kier alpha value is -2.40. The van der Waals surface area contributed by atoms with Crippen LogP contribution < -0.4 is 5.32 Å². The predicted molar refractivity (Wildman–Crippen MR) is 117 cm³/mol. The number of aromatic nitrogens is 2. The highest BCUT2D eigenvalue weighted by atomic mass is 16.2. The van der Waals surface area contributed by atoms with E-state index in [1.54, 1.807) is 0 Å². The number of amides is 1. The van der Waals surface area contributed by atoms with Crippen LogP contribution in [0.3, 0.4) is 0 Å². The minimum atomic E-state index is -0.00300. The van der Waals surface area contributed by atoms with Crippen molar-refractivity contribution in [3.63, 3.8) is 0 Å². The lowest BCUT2D eigenvalue weighted by Gasteiger charge is -2.31. The molecule has 4 rings (SSSR count). The Kier molecular flexibility index (Phi) is 5.86. The van der Waals surface area contributed by atoms with Crippen LogP contribution in [0, 0.1) is 6.92 Å². The minimum Gasteiger partial charge on any atom is -0.348 e. The molecule has 2 aliphatic rings. The summed E-state index contributed by atoms with van der Waals surface area (Å²) in [5.41, 5.74) is 6.61. The number of hydrogen-bond acceptors (Lipinski definition) is 3. The number of nitrogens with zero attached hydrogens (tertiary/aromatic N) is 3.